The lowest BCUT2D eigenvalue weighted by Crippen LogP contribution is -2.45. The fourth-order valence-corrected chi connectivity index (χ4v) is 3.04. The van der Waals surface area contributed by atoms with Gasteiger partial charge in [-0.1, -0.05) is 0 Å². The first kappa shape index (κ1) is 15.2. The van der Waals surface area contributed by atoms with E-state index in [0.29, 0.717) is 6.54 Å². The smallest absolute Gasteiger partial charge is 0.0791 e. The largest absolute Gasteiger partial charge is 0.390 e. The number of likely N-dealkylation sites (tertiary alicyclic amines) is 1. The summed E-state index contributed by atoms with van der Waals surface area (Å²) in [4.78, 5) is 4.68. The van der Waals surface area contributed by atoms with Crippen molar-refractivity contribution in [1.29, 1.82) is 0 Å². The number of morpholine rings is 1. The molecule has 2 rings (SSSR count). The molecule has 0 aromatic rings. The quantitative estimate of drug-likeness (QED) is 0.689. The second kappa shape index (κ2) is 8.17. The maximum atomic E-state index is 10.0. The topological polar surface area (TPSA) is 48.0 Å². The molecule has 0 amide bonds. The van der Waals surface area contributed by atoms with Gasteiger partial charge in [0.15, 0.2) is 0 Å². The minimum atomic E-state index is -0.264. The molecule has 19 heavy (non-hydrogen) atoms. The van der Waals surface area contributed by atoms with Crippen molar-refractivity contribution in [1.82, 2.24) is 15.1 Å². The molecular weight excluding hydrogens is 242 g/mol. The molecule has 5 nitrogen and oxygen atoms in total. The number of nitrogens with one attached hydrogen (secondary N) is 1. The Morgan fingerprint density at radius 2 is 2.11 bits per heavy atom. The Bertz CT molecular complexity index is 247. The van der Waals surface area contributed by atoms with Crippen LogP contribution in [0.5, 0.6) is 0 Å². The zero-order valence-corrected chi connectivity index (χ0v) is 12.2. The lowest BCUT2D eigenvalue weighted by atomic mass is 9.98. The fraction of sp³-hybridized carbons (Fsp3) is 1.00. The molecule has 112 valence electrons. The third kappa shape index (κ3) is 5.75. The average Bonchev–Trinajstić information content (AvgIpc) is 2.40. The van der Waals surface area contributed by atoms with Gasteiger partial charge in [-0.3, -0.25) is 4.90 Å². The highest BCUT2D eigenvalue weighted by atomic mass is 16.5. The van der Waals surface area contributed by atoms with Gasteiger partial charge in [-0.25, -0.2) is 0 Å². The predicted molar refractivity (Wildman–Crippen MR) is 76.4 cm³/mol. The van der Waals surface area contributed by atoms with Crippen LogP contribution in [0, 0.1) is 5.92 Å². The Hall–Kier alpha value is -0.200. The molecule has 0 aliphatic carbocycles. The molecule has 2 atom stereocenters. The molecule has 2 N–H and O–H groups in total. The first-order chi connectivity index (χ1) is 9.24. The van der Waals surface area contributed by atoms with Crippen molar-refractivity contribution in [3.8, 4) is 0 Å². The highest BCUT2D eigenvalue weighted by Gasteiger charge is 2.18. The van der Waals surface area contributed by atoms with Crippen LogP contribution in [0.15, 0.2) is 0 Å². The van der Waals surface area contributed by atoms with E-state index in [4.69, 9.17) is 4.74 Å². The van der Waals surface area contributed by atoms with Crippen molar-refractivity contribution in [2.45, 2.75) is 18.9 Å². The SMILES string of the molecule is CN1CCCC(CNCC(O)CN2CCOCC2)C1. The van der Waals surface area contributed by atoms with Crippen molar-refractivity contribution >= 4 is 0 Å². The second-order valence-corrected chi connectivity index (χ2v) is 6.00. The molecule has 2 fully saturated rings. The summed E-state index contributed by atoms with van der Waals surface area (Å²) in [5, 5.41) is 13.5. The zero-order chi connectivity index (χ0) is 13.5. The van der Waals surface area contributed by atoms with Crippen molar-refractivity contribution in [2.24, 2.45) is 5.92 Å². The van der Waals surface area contributed by atoms with E-state index >= 15 is 0 Å². The van der Waals surface area contributed by atoms with E-state index in [1.807, 2.05) is 0 Å². The zero-order valence-electron chi connectivity index (χ0n) is 12.2. The number of piperidine rings is 1. The third-order valence-electron chi connectivity index (χ3n) is 4.11. The van der Waals surface area contributed by atoms with E-state index in [-0.39, 0.29) is 6.10 Å². The Labute approximate surface area is 116 Å². The van der Waals surface area contributed by atoms with E-state index in [9.17, 15) is 5.11 Å². The van der Waals surface area contributed by atoms with Gasteiger partial charge in [0.1, 0.15) is 0 Å². The molecule has 2 aliphatic rings. The van der Waals surface area contributed by atoms with Gasteiger partial charge in [0.25, 0.3) is 0 Å². The standard InChI is InChI=1S/C14H29N3O2/c1-16-4-2-3-13(11-16)9-15-10-14(18)12-17-5-7-19-8-6-17/h13-15,18H,2-12H2,1H3. The second-order valence-electron chi connectivity index (χ2n) is 6.00. The highest BCUT2D eigenvalue weighted by Crippen LogP contribution is 2.13. The van der Waals surface area contributed by atoms with E-state index in [2.05, 4.69) is 22.2 Å². The van der Waals surface area contributed by atoms with Crippen LogP contribution in [-0.4, -0.2) is 87.1 Å². The van der Waals surface area contributed by atoms with Gasteiger partial charge in [0.2, 0.25) is 0 Å². The minimum Gasteiger partial charge on any atom is -0.390 e. The van der Waals surface area contributed by atoms with Crippen LogP contribution >= 0.6 is 0 Å². The first-order valence-corrected chi connectivity index (χ1v) is 7.61. The molecule has 0 radical (unpaired) electrons. The minimum absolute atomic E-state index is 0.264. The lowest BCUT2D eigenvalue weighted by Gasteiger charge is -2.31. The van der Waals surface area contributed by atoms with Gasteiger partial charge in [0.05, 0.1) is 19.3 Å². The maximum absolute atomic E-state index is 10.0. The van der Waals surface area contributed by atoms with Gasteiger partial charge in [0, 0.05) is 32.7 Å². The molecule has 0 aromatic heterocycles. The van der Waals surface area contributed by atoms with Crippen molar-refractivity contribution in [3.05, 3.63) is 0 Å². The monoisotopic (exact) mass is 271 g/mol. The summed E-state index contributed by atoms with van der Waals surface area (Å²) in [6.45, 7) is 8.42. The molecule has 0 spiro atoms. The van der Waals surface area contributed by atoms with Crippen LogP contribution in [0.4, 0.5) is 0 Å². The molecule has 2 unspecified atom stereocenters. The molecule has 5 heteroatoms. The molecule has 0 aromatic carbocycles. The van der Waals surface area contributed by atoms with E-state index < -0.39 is 0 Å². The number of β-amino-alcohol motifs (C(OH)–C–C–N with tert-alkyl or cyclic N) is 1. The summed E-state index contributed by atoms with van der Waals surface area (Å²) < 4.78 is 5.31. The summed E-state index contributed by atoms with van der Waals surface area (Å²) in [7, 11) is 2.19. The Morgan fingerprint density at radius 3 is 2.84 bits per heavy atom. The Balaban J connectivity index is 1.54. The first-order valence-electron chi connectivity index (χ1n) is 7.61. The molecule has 0 bridgehead atoms. The Morgan fingerprint density at radius 1 is 1.32 bits per heavy atom. The number of hydrogen-bond donors (Lipinski definition) is 2. The van der Waals surface area contributed by atoms with Crippen LogP contribution in [-0.2, 0) is 4.74 Å². The fourth-order valence-electron chi connectivity index (χ4n) is 3.04. The number of ether oxygens (including phenoxy) is 1. The van der Waals surface area contributed by atoms with E-state index in [1.165, 1.54) is 25.9 Å². The molecule has 2 saturated heterocycles. The third-order valence-corrected chi connectivity index (χ3v) is 4.11. The molecular formula is C14H29N3O2. The van der Waals surface area contributed by atoms with Gasteiger partial charge in [-0.2, -0.15) is 0 Å². The van der Waals surface area contributed by atoms with E-state index in [1.54, 1.807) is 0 Å². The number of rotatable bonds is 6. The normalized spacial score (nSPS) is 28.4. The van der Waals surface area contributed by atoms with Crippen molar-refractivity contribution in [2.75, 3.05) is 66.1 Å². The summed E-state index contributed by atoms with van der Waals surface area (Å²) in [5.74, 6) is 0.745. The summed E-state index contributed by atoms with van der Waals surface area (Å²) >= 11 is 0. The maximum Gasteiger partial charge on any atom is 0.0791 e. The summed E-state index contributed by atoms with van der Waals surface area (Å²) in [6.07, 6.45) is 2.36. The Kier molecular flexibility index (Phi) is 6.53. The van der Waals surface area contributed by atoms with E-state index in [0.717, 1.165) is 45.3 Å². The predicted octanol–water partition coefficient (Wildman–Crippen LogP) is -0.389. The van der Waals surface area contributed by atoms with Crippen LogP contribution in [0.1, 0.15) is 12.8 Å². The number of aliphatic hydroxyl groups excluding tert-OH is 1. The van der Waals surface area contributed by atoms with Gasteiger partial charge < -0.3 is 20.1 Å². The van der Waals surface area contributed by atoms with Crippen LogP contribution in [0.25, 0.3) is 0 Å². The number of nitrogens with zero attached hydrogens (tertiary/aromatic N) is 2. The van der Waals surface area contributed by atoms with Crippen LogP contribution < -0.4 is 5.32 Å². The van der Waals surface area contributed by atoms with Crippen LogP contribution in [0.3, 0.4) is 0 Å². The summed E-state index contributed by atoms with van der Waals surface area (Å²) in [6, 6.07) is 0. The molecule has 2 heterocycles. The number of hydrogen-bond acceptors (Lipinski definition) is 5. The molecule has 0 saturated carbocycles. The van der Waals surface area contributed by atoms with Crippen LogP contribution in [0.2, 0.25) is 0 Å². The molecule has 2 aliphatic heterocycles. The highest BCUT2D eigenvalue weighted by molar-refractivity contribution is 4.74. The van der Waals surface area contributed by atoms with Gasteiger partial charge in [-0.05, 0) is 38.9 Å². The van der Waals surface area contributed by atoms with Gasteiger partial charge >= 0.3 is 0 Å². The van der Waals surface area contributed by atoms with Gasteiger partial charge in [-0.15, -0.1) is 0 Å². The summed E-state index contributed by atoms with van der Waals surface area (Å²) in [5.41, 5.74) is 0. The van der Waals surface area contributed by atoms with Crippen molar-refractivity contribution in [3.63, 3.8) is 0 Å². The lowest BCUT2D eigenvalue weighted by molar-refractivity contribution is 0.0147. The number of aliphatic hydroxyl groups is 1. The van der Waals surface area contributed by atoms with Crippen molar-refractivity contribution < 1.29 is 9.84 Å². The average molecular weight is 271 g/mol.